The maximum Gasteiger partial charge on any atom is 0.223 e. The van der Waals surface area contributed by atoms with Gasteiger partial charge in [0.05, 0.1) is 18.1 Å². The molecular weight excluding hydrogens is 176 g/mol. The first-order valence-corrected chi connectivity index (χ1v) is 5.10. The first-order valence-electron chi connectivity index (χ1n) is 5.10. The molecule has 76 valence electrons. The zero-order valence-corrected chi connectivity index (χ0v) is 8.45. The summed E-state index contributed by atoms with van der Waals surface area (Å²) in [5.41, 5.74) is 6.37. The van der Waals surface area contributed by atoms with Crippen LogP contribution in [0.3, 0.4) is 0 Å². The second kappa shape index (κ2) is 3.44. The van der Waals surface area contributed by atoms with Crippen molar-refractivity contribution >= 4 is 11.6 Å². The number of hydrogen-bond acceptors (Lipinski definition) is 4. The van der Waals surface area contributed by atoms with Crippen molar-refractivity contribution in [3.8, 4) is 0 Å². The number of nitrogens with two attached hydrogens (primary N) is 1. The van der Waals surface area contributed by atoms with Crippen LogP contribution >= 0.6 is 0 Å². The van der Waals surface area contributed by atoms with Crippen LogP contribution in [0, 0.1) is 0 Å². The second-order valence-corrected chi connectivity index (χ2v) is 3.95. The topological polar surface area (TPSA) is 63.8 Å². The molecule has 4 nitrogen and oxygen atoms in total. The van der Waals surface area contributed by atoms with Gasteiger partial charge in [-0.3, -0.25) is 0 Å². The van der Waals surface area contributed by atoms with E-state index in [2.05, 4.69) is 22.2 Å². The summed E-state index contributed by atoms with van der Waals surface area (Å²) in [7, 11) is 0. The molecule has 1 saturated carbocycles. The Kier molecular flexibility index (Phi) is 2.27. The van der Waals surface area contributed by atoms with Crippen LogP contribution in [0.25, 0.3) is 0 Å². The number of anilines is 2. The third-order valence-electron chi connectivity index (χ3n) is 3.04. The maximum atomic E-state index is 5.52. The van der Waals surface area contributed by atoms with Gasteiger partial charge in [0.25, 0.3) is 0 Å². The van der Waals surface area contributed by atoms with Crippen LogP contribution in [0.15, 0.2) is 12.4 Å². The zero-order valence-electron chi connectivity index (χ0n) is 8.45. The van der Waals surface area contributed by atoms with Gasteiger partial charge in [-0.1, -0.05) is 6.92 Å². The van der Waals surface area contributed by atoms with Crippen LogP contribution in [0.2, 0.25) is 0 Å². The largest absolute Gasteiger partial charge is 0.396 e. The highest BCUT2D eigenvalue weighted by molar-refractivity contribution is 5.38. The molecule has 0 radical (unpaired) electrons. The van der Waals surface area contributed by atoms with Crippen LogP contribution in [-0.4, -0.2) is 15.5 Å². The lowest BCUT2D eigenvalue weighted by atomic mass is 9.75. The Labute approximate surface area is 83.9 Å². The molecular formula is C10H16N4. The molecule has 3 N–H and O–H groups in total. The summed E-state index contributed by atoms with van der Waals surface area (Å²) in [4.78, 5) is 8.29. The number of aromatic nitrogens is 2. The van der Waals surface area contributed by atoms with Gasteiger partial charge in [0.2, 0.25) is 5.95 Å². The Hall–Kier alpha value is -1.32. The Balaban J connectivity index is 2.06. The monoisotopic (exact) mass is 192 g/mol. The van der Waals surface area contributed by atoms with Crippen LogP contribution in [0.1, 0.15) is 32.6 Å². The Morgan fingerprint density at radius 2 is 2.07 bits per heavy atom. The van der Waals surface area contributed by atoms with E-state index in [0.29, 0.717) is 11.6 Å². The Morgan fingerprint density at radius 3 is 2.50 bits per heavy atom. The molecule has 1 heterocycles. The van der Waals surface area contributed by atoms with Crippen molar-refractivity contribution in [2.45, 2.75) is 38.1 Å². The normalized spacial score (nSPS) is 18.6. The minimum atomic E-state index is 0.246. The summed E-state index contributed by atoms with van der Waals surface area (Å²) in [5.74, 6) is 0.695. The van der Waals surface area contributed by atoms with Crippen molar-refractivity contribution < 1.29 is 0 Å². The fraction of sp³-hybridized carbons (Fsp3) is 0.600. The van der Waals surface area contributed by atoms with Crippen LogP contribution in [0.5, 0.6) is 0 Å². The number of rotatable bonds is 3. The molecule has 0 aromatic carbocycles. The standard InChI is InChI=1S/C10H16N4/c1-2-10(4-3-5-10)14-9-12-6-8(11)7-13-9/h6-7H,2-5,11H2,1H3,(H,12,13,14). The van der Waals surface area contributed by atoms with Crippen molar-refractivity contribution in [3.63, 3.8) is 0 Å². The third kappa shape index (κ3) is 1.64. The molecule has 2 rings (SSSR count). The molecule has 0 spiro atoms. The lowest BCUT2D eigenvalue weighted by Gasteiger charge is -2.41. The lowest BCUT2D eigenvalue weighted by molar-refractivity contribution is 0.268. The van der Waals surface area contributed by atoms with E-state index in [9.17, 15) is 0 Å². The van der Waals surface area contributed by atoms with Gasteiger partial charge in [-0.15, -0.1) is 0 Å². The predicted octanol–water partition coefficient (Wildman–Crippen LogP) is 1.80. The Morgan fingerprint density at radius 1 is 1.43 bits per heavy atom. The summed E-state index contributed by atoms with van der Waals surface area (Å²) in [5, 5.41) is 3.39. The van der Waals surface area contributed by atoms with E-state index in [1.165, 1.54) is 19.3 Å². The van der Waals surface area contributed by atoms with Gasteiger partial charge < -0.3 is 11.1 Å². The van der Waals surface area contributed by atoms with E-state index >= 15 is 0 Å². The van der Waals surface area contributed by atoms with Gasteiger partial charge in [-0.05, 0) is 25.7 Å². The highest BCUT2D eigenvalue weighted by Crippen LogP contribution is 2.37. The van der Waals surface area contributed by atoms with Crippen molar-refractivity contribution in [3.05, 3.63) is 12.4 Å². The molecule has 0 unspecified atom stereocenters. The maximum absolute atomic E-state index is 5.52. The fourth-order valence-electron chi connectivity index (χ4n) is 1.81. The van der Waals surface area contributed by atoms with Crippen LogP contribution in [0.4, 0.5) is 11.6 Å². The lowest BCUT2D eigenvalue weighted by Crippen LogP contribution is -2.44. The summed E-state index contributed by atoms with van der Waals surface area (Å²) in [6.45, 7) is 2.20. The molecule has 1 aliphatic rings. The first-order chi connectivity index (χ1) is 6.74. The van der Waals surface area contributed by atoms with Crippen molar-refractivity contribution in [1.82, 2.24) is 9.97 Å². The van der Waals surface area contributed by atoms with E-state index < -0.39 is 0 Å². The van der Waals surface area contributed by atoms with Gasteiger partial charge in [0.15, 0.2) is 0 Å². The van der Waals surface area contributed by atoms with E-state index in [4.69, 9.17) is 5.73 Å². The van der Waals surface area contributed by atoms with E-state index in [-0.39, 0.29) is 5.54 Å². The van der Waals surface area contributed by atoms with Crippen molar-refractivity contribution in [2.24, 2.45) is 0 Å². The second-order valence-electron chi connectivity index (χ2n) is 3.95. The van der Waals surface area contributed by atoms with E-state index in [1.807, 2.05) is 0 Å². The van der Waals surface area contributed by atoms with Crippen LogP contribution < -0.4 is 11.1 Å². The van der Waals surface area contributed by atoms with Gasteiger partial charge in [-0.2, -0.15) is 0 Å². The minimum absolute atomic E-state index is 0.246. The van der Waals surface area contributed by atoms with Gasteiger partial charge in [-0.25, -0.2) is 9.97 Å². The van der Waals surface area contributed by atoms with E-state index in [0.717, 1.165) is 6.42 Å². The molecule has 1 aromatic rings. The quantitative estimate of drug-likeness (QED) is 0.766. The molecule has 1 aromatic heterocycles. The SMILES string of the molecule is CCC1(Nc2ncc(N)cn2)CCC1. The molecule has 14 heavy (non-hydrogen) atoms. The number of nitrogens with zero attached hydrogens (tertiary/aromatic N) is 2. The first kappa shape index (κ1) is 9.24. The zero-order chi connectivity index (χ0) is 10.0. The van der Waals surface area contributed by atoms with E-state index in [1.54, 1.807) is 12.4 Å². The van der Waals surface area contributed by atoms with Gasteiger partial charge in [0.1, 0.15) is 0 Å². The minimum Gasteiger partial charge on any atom is -0.396 e. The van der Waals surface area contributed by atoms with Gasteiger partial charge in [0, 0.05) is 5.54 Å². The van der Waals surface area contributed by atoms with Gasteiger partial charge >= 0.3 is 0 Å². The molecule has 0 amide bonds. The molecule has 0 saturated heterocycles. The fourth-order valence-corrected chi connectivity index (χ4v) is 1.81. The molecule has 4 heteroatoms. The number of nitrogen functional groups attached to an aromatic ring is 1. The molecule has 1 aliphatic carbocycles. The summed E-state index contributed by atoms with van der Waals surface area (Å²) >= 11 is 0. The molecule has 0 bridgehead atoms. The molecule has 0 aliphatic heterocycles. The van der Waals surface area contributed by atoms with Crippen LogP contribution in [-0.2, 0) is 0 Å². The Bertz CT molecular complexity index is 297. The smallest absolute Gasteiger partial charge is 0.223 e. The average Bonchev–Trinajstić information content (AvgIpc) is 2.15. The van der Waals surface area contributed by atoms with Crippen molar-refractivity contribution in [2.75, 3.05) is 11.1 Å². The highest BCUT2D eigenvalue weighted by atomic mass is 15.1. The summed E-state index contributed by atoms with van der Waals surface area (Å²) in [6, 6.07) is 0. The third-order valence-corrected chi connectivity index (χ3v) is 3.04. The predicted molar refractivity (Wildman–Crippen MR) is 56.9 cm³/mol. The van der Waals surface area contributed by atoms with Crippen molar-refractivity contribution in [1.29, 1.82) is 0 Å². The molecule has 0 atom stereocenters. The molecule has 1 fully saturated rings. The summed E-state index contributed by atoms with van der Waals surface area (Å²) < 4.78 is 0. The average molecular weight is 192 g/mol. The highest BCUT2D eigenvalue weighted by Gasteiger charge is 2.35. The number of hydrogen-bond donors (Lipinski definition) is 2. The number of nitrogens with one attached hydrogen (secondary N) is 1. The summed E-state index contributed by atoms with van der Waals surface area (Å²) in [6.07, 6.45) is 8.14.